The van der Waals surface area contributed by atoms with E-state index in [1.165, 1.54) is 34.6 Å². The van der Waals surface area contributed by atoms with Crippen LogP contribution >= 0.6 is 22.9 Å². The predicted molar refractivity (Wildman–Crippen MR) is 141 cm³/mol. The van der Waals surface area contributed by atoms with Gasteiger partial charge in [0.2, 0.25) is 0 Å². The zero-order chi connectivity index (χ0) is 27.4. The van der Waals surface area contributed by atoms with Gasteiger partial charge in [-0.15, -0.1) is 11.3 Å². The monoisotopic (exact) mass is 563 g/mol. The van der Waals surface area contributed by atoms with E-state index < -0.39 is 35.9 Å². The van der Waals surface area contributed by atoms with Crippen LogP contribution in [0.3, 0.4) is 0 Å². The fraction of sp³-hybridized carbons (Fsp3) is 0.500. The number of rotatable bonds is 5. The number of nitrogens with zero attached hydrogens (tertiary/aromatic N) is 4. The summed E-state index contributed by atoms with van der Waals surface area (Å²) in [4.78, 5) is 64.1. The molecule has 4 heterocycles. The first-order valence-corrected chi connectivity index (χ1v) is 13.5. The van der Waals surface area contributed by atoms with Gasteiger partial charge in [-0.2, -0.15) is 0 Å². The number of halogens is 1. The van der Waals surface area contributed by atoms with Crippen LogP contribution in [0.25, 0.3) is 0 Å². The molecule has 1 saturated heterocycles. The normalized spacial score (nSPS) is 19.4. The number of likely N-dealkylation sites (tertiary alicyclic amines) is 1. The van der Waals surface area contributed by atoms with Crippen LogP contribution in [-0.2, 0) is 27.3 Å². The second-order valence-electron chi connectivity index (χ2n) is 9.52. The van der Waals surface area contributed by atoms with Crippen LogP contribution in [-0.4, -0.2) is 88.5 Å². The number of hydrogen-bond acceptors (Lipinski definition) is 9. The second-order valence-corrected chi connectivity index (χ2v) is 11.0. The minimum atomic E-state index is -0.914. The third kappa shape index (κ3) is 6.97. The average molecular weight is 564 g/mol. The number of anilines is 1. The zero-order valence-electron chi connectivity index (χ0n) is 21.3. The molecule has 0 spiro atoms. The average Bonchev–Trinajstić information content (AvgIpc) is 3.29. The molecule has 2 aliphatic heterocycles. The Labute approximate surface area is 229 Å². The van der Waals surface area contributed by atoms with Gasteiger partial charge in [-0.3, -0.25) is 14.4 Å². The van der Waals surface area contributed by atoms with Gasteiger partial charge in [0.15, 0.2) is 5.01 Å². The summed E-state index contributed by atoms with van der Waals surface area (Å²) in [7, 11) is 2.02. The van der Waals surface area contributed by atoms with E-state index in [-0.39, 0.29) is 25.0 Å². The molecule has 0 aliphatic carbocycles. The van der Waals surface area contributed by atoms with E-state index in [1.54, 1.807) is 13.8 Å². The van der Waals surface area contributed by atoms with Crippen LogP contribution < -0.4 is 16.0 Å². The number of carbonyl (C=O) groups is 4. The largest absolute Gasteiger partial charge is 0.447 e. The van der Waals surface area contributed by atoms with Crippen molar-refractivity contribution in [1.82, 2.24) is 30.4 Å². The van der Waals surface area contributed by atoms with Crippen LogP contribution in [0.1, 0.15) is 40.6 Å². The Kier molecular flexibility index (Phi) is 8.80. The lowest BCUT2D eigenvalue weighted by Gasteiger charge is -2.38. The fourth-order valence-electron chi connectivity index (χ4n) is 4.22. The van der Waals surface area contributed by atoms with Gasteiger partial charge in [0.05, 0.1) is 28.9 Å². The quantitative estimate of drug-likeness (QED) is 0.466. The van der Waals surface area contributed by atoms with Gasteiger partial charge in [-0.25, -0.2) is 14.8 Å². The zero-order valence-corrected chi connectivity index (χ0v) is 22.9. The highest BCUT2D eigenvalue weighted by atomic mass is 35.5. The molecule has 12 nitrogen and oxygen atoms in total. The van der Waals surface area contributed by atoms with Crippen molar-refractivity contribution in [2.45, 2.75) is 51.4 Å². The third-order valence-corrected chi connectivity index (χ3v) is 7.44. The first-order chi connectivity index (χ1) is 18.1. The first-order valence-electron chi connectivity index (χ1n) is 12.3. The lowest BCUT2D eigenvalue weighted by atomic mass is 9.99. The van der Waals surface area contributed by atoms with E-state index in [0.29, 0.717) is 16.5 Å². The van der Waals surface area contributed by atoms with Crippen molar-refractivity contribution in [2.75, 3.05) is 32.0 Å². The SMILES string of the molecule is CC(C)OC(=O)N1CC[C@H](NC(=O)C(=O)Nc2ccc(Cl)cn2)[C@H](NC(=O)c2nc3c(s2)CN(C)CC3)C1. The fourth-order valence-corrected chi connectivity index (χ4v) is 5.42. The summed E-state index contributed by atoms with van der Waals surface area (Å²) in [6.07, 6.45) is 1.60. The Morgan fingerprint density at radius 1 is 1.13 bits per heavy atom. The van der Waals surface area contributed by atoms with Gasteiger partial charge in [-0.1, -0.05) is 11.6 Å². The highest BCUT2D eigenvalue weighted by Crippen LogP contribution is 2.25. The van der Waals surface area contributed by atoms with Gasteiger partial charge in [0.1, 0.15) is 5.82 Å². The molecule has 38 heavy (non-hydrogen) atoms. The Morgan fingerprint density at radius 3 is 2.63 bits per heavy atom. The highest BCUT2D eigenvalue weighted by molar-refractivity contribution is 7.13. The molecule has 0 unspecified atom stereocenters. The Morgan fingerprint density at radius 2 is 1.92 bits per heavy atom. The number of piperidine rings is 1. The maximum atomic E-state index is 13.2. The van der Waals surface area contributed by atoms with E-state index in [1.807, 2.05) is 7.05 Å². The molecule has 2 aromatic rings. The molecular weight excluding hydrogens is 534 g/mol. The molecule has 1 fully saturated rings. The molecule has 4 amide bonds. The smallest absolute Gasteiger partial charge is 0.410 e. The van der Waals surface area contributed by atoms with Gasteiger partial charge in [0.25, 0.3) is 5.91 Å². The molecule has 2 aromatic heterocycles. The van der Waals surface area contributed by atoms with E-state index in [2.05, 4.69) is 30.8 Å². The number of nitrogens with one attached hydrogen (secondary N) is 3. The Hall–Kier alpha value is -3.29. The molecule has 0 saturated carbocycles. The van der Waals surface area contributed by atoms with E-state index in [0.717, 1.165) is 30.1 Å². The molecule has 204 valence electrons. The molecule has 3 N–H and O–H groups in total. The summed E-state index contributed by atoms with van der Waals surface area (Å²) in [5.41, 5.74) is 0.918. The number of fused-ring (bicyclic) bond motifs is 1. The third-order valence-electron chi connectivity index (χ3n) is 6.13. The molecule has 2 aliphatic rings. The molecule has 0 aromatic carbocycles. The van der Waals surface area contributed by atoms with Crippen molar-refractivity contribution in [3.05, 3.63) is 38.9 Å². The number of carbonyl (C=O) groups excluding carboxylic acids is 4. The maximum Gasteiger partial charge on any atom is 0.410 e. The van der Waals surface area contributed by atoms with Crippen LogP contribution in [0.5, 0.6) is 0 Å². The lowest BCUT2D eigenvalue weighted by molar-refractivity contribution is -0.136. The van der Waals surface area contributed by atoms with Crippen molar-refractivity contribution < 1.29 is 23.9 Å². The van der Waals surface area contributed by atoms with Crippen LogP contribution in [0.15, 0.2) is 18.3 Å². The second kappa shape index (κ2) is 12.0. The number of likely N-dealkylation sites (N-methyl/N-ethyl adjacent to an activating group) is 1. The summed E-state index contributed by atoms with van der Waals surface area (Å²) < 4.78 is 5.31. The van der Waals surface area contributed by atoms with Crippen LogP contribution in [0.4, 0.5) is 10.6 Å². The van der Waals surface area contributed by atoms with Crippen LogP contribution in [0, 0.1) is 0 Å². The first kappa shape index (κ1) is 27.7. The number of thiazole rings is 1. The van der Waals surface area contributed by atoms with Gasteiger partial charge in [0, 0.05) is 43.7 Å². The van der Waals surface area contributed by atoms with Crippen molar-refractivity contribution in [3.63, 3.8) is 0 Å². The summed E-state index contributed by atoms with van der Waals surface area (Å²) in [6.45, 7) is 5.47. The standard InChI is InChI=1S/C24H30ClN7O5S/c1-13(2)37-24(36)32-9-7-15(27-20(33)21(34)30-19-5-4-14(25)10-26-19)17(11-32)28-22(35)23-29-16-6-8-31(3)12-18(16)38-23/h4-5,10,13,15,17H,6-9,11-12H2,1-3H3,(H,27,33)(H,28,35)(H,26,30,34)/t15-,17+/m0/s1. The summed E-state index contributed by atoms with van der Waals surface area (Å²) in [5.74, 6) is -2.03. The van der Waals surface area contributed by atoms with E-state index in [4.69, 9.17) is 16.3 Å². The molecule has 2 atom stereocenters. The predicted octanol–water partition coefficient (Wildman–Crippen LogP) is 1.65. The van der Waals surface area contributed by atoms with Gasteiger partial charge >= 0.3 is 17.9 Å². The molecule has 0 radical (unpaired) electrons. The van der Waals surface area contributed by atoms with Crippen molar-refractivity contribution in [2.24, 2.45) is 0 Å². The van der Waals surface area contributed by atoms with E-state index in [9.17, 15) is 19.2 Å². The number of ether oxygens (including phenoxy) is 1. The van der Waals surface area contributed by atoms with Gasteiger partial charge in [-0.05, 0) is 39.4 Å². The molecule has 4 rings (SSSR count). The van der Waals surface area contributed by atoms with Crippen LogP contribution in [0.2, 0.25) is 5.02 Å². The summed E-state index contributed by atoms with van der Waals surface area (Å²) >= 11 is 7.14. The number of amides is 4. The minimum absolute atomic E-state index is 0.0937. The summed E-state index contributed by atoms with van der Waals surface area (Å²) in [6, 6.07) is 1.72. The Bertz CT molecular complexity index is 1210. The summed E-state index contributed by atoms with van der Waals surface area (Å²) in [5, 5.41) is 8.74. The van der Waals surface area contributed by atoms with E-state index >= 15 is 0 Å². The number of pyridine rings is 1. The maximum absolute atomic E-state index is 13.2. The van der Waals surface area contributed by atoms with Crippen molar-refractivity contribution in [3.8, 4) is 0 Å². The van der Waals surface area contributed by atoms with Gasteiger partial charge < -0.3 is 30.5 Å². The molecular formula is C24H30ClN7O5S. The minimum Gasteiger partial charge on any atom is -0.447 e. The molecule has 14 heteroatoms. The lowest BCUT2D eigenvalue weighted by Crippen LogP contribution is -2.62. The number of aromatic nitrogens is 2. The van der Waals surface area contributed by atoms with Crippen molar-refractivity contribution in [1.29, 1.82) is 0 Å². The Balaban J connectivity index is 1.45. The van der Waals surface area contributed by atoms with Crippen molar-refractivity contribution >= 4 is 52.6 Å². The number of hydrogen-bond donors (Lipinski definition) is 3. The highest BCUT2D eigenvalue weighted by Gasteiger charge is 2.36. The topological polar surface area (TPSA) is 146 Å². The molecule has 0 bridgehead atoms.